The minimum atomic E-state index is -1.27. The maximum atomic E-state index is 13.1. The molecule has 29 heavy (non-hydrogen) atoms. The quantitative estimate of drug-likeness (QED) is 0.346. The first-order valence-corrected chi connectivity index (χ1v) is 10.4. The average molecular weight is 415 g/mol. The van der Waals surface area contributed by atoms with E-state index in [4.69, 9.17) is 19.3 Å². The molecule has 0 heterocycles. The number of carboxylic acid groups (broad SMARTS) is 2. The first kappa shape index (κ1) is 23.4. The molecule has 1 amide bonds. The molecule has 1 atom stereocenters. The molecule has 0 aromatic rings. The van der Waals surface area contributed by atoms with Gasteiger partial charge in [-0.1, -0.05) is 12.8 Å². The smallest absolute Gasteiger partial charge is 0.481 e. The van der Waals surface area contributed by atoms with Crippen molar-refractivity contribution < 1.29 is 38.8 Å². The van der Waals surface area contributed by atoms with E-state index >= 15 is 0 Å². The maximum absolute atomic E-state index is 13.1. The zero-order valence-corrected chi connectivity index (χ0v) is 17.1. The van der Waals surface area contributed by atoms with Crippen LogP contribution in [0, 0.1) is 11.3 Å². The number of carboxylic acids is 1. The molecule has 9 heteroatoms. The van der Waals surface area contributed by atoms with E-state index in [0.29, 0.717) is 51.7 Å². The first-order chi connectivity index (χ1) is 13.9. The summed E-state index contributed by atoms with van der Waals surface area (Å²) in [4.78, 5) is 35.5. The fourth-order valence-corrected chi connectivity index (χ4v) is 4.44. The standard InChI is InChI=1S/C20H33NO8/c1-27-10-11-28-13-14(17(22)23)12-20(8-2-3-9-20)18(24)21-15-4-6-16(7-5-15)29-19(25)26/h14-16H,2-13H2,1H3,(H,21,24)(H,22,23)(H,25,26). The Bertz CT molecular complexity index is 553. The van der Waals surface area contributed by atoms with Crippen LogP contribution in [-0.2, 0) is 23.8 Å². The third-order valence-electron chi connectivity index (χ3n) is 6.06. The molecule has 2 aliphatic carbocycles. The molecule has 0 aliphatic heterocycles. The van der Waals surface area contributed by atoms with Gasteiger partial charge in [0.2, 0.25) is 5.91 Å². The van der Waals surface area contributed by atoms with Crippen molar-refractivity contribution in [3.8, 4) is 0 Å². The summed E-state index contributed by atoms with van der Waals surface area (Å²) < 4.78 is 15.2. The summed E-state index contributed by atoms with van der Waals surface area (Å²) in [7, 11) is 1.55. The Morgan fingerprint density at radius 1 is 1.07 bits per heavy atom. The van der Waals surface area contributed by atoms with Crippen molar-refractivity contribution in [3.05, 3.63) is 0 Å². The van der Waals surface area contributed by atoms with Gasteiger partial charge in [0.05, 0.1) is 31.2 Å². The minimum absolute atomic E-state index is 0.0325. The van der Waals surface area contributed by atoms with Gasteiger partial charge >= 0.3 is 12.1 Å². The fourth-order valence-electron chi connectivity index (χ4n) is 4.44. The predicted molar refractivity (Wildman–Crippen MR) is 103 cm³/mol. The lowest BCUT2D eigenvalue weighted by molar-refractivity contribution is -0.147. The molecule has 0 aromatic carbocycles. The number of carbonyl (C=O) groups is 3. The van der Waals surface area contributed by atoms with Crippen LogP contribution in [0.1, 0.15) is 57.8 Å². The van der Waals surface area contributed by atoms with E-state index in [1.807, 2.05) is 0 Å². The van der Waals surface area contributed by atoms with Gasteiger partial charge < -0.3 is 29.7 Å². The zero-order valence-electron chi connectivity index (χ0n) is 17.1. The van der Waals surface area contributed by atoms with Crippen molar-refractivity contribution in [1.82, 2.24) is 5.32 Å². The summed E-state index contributed by atoms with van der Waals surface area (Å²) >= 11 is 0. The van der Waals surface area contributed by atoms with Crippen molar-refractivity contribution >= 4 is 18.0 Å². The van der Waals surface area contributed by atoms with E-state index in [1.54, 1.807) is 7.11 Å². The fraction of sp³-hybridized carbons (Fsp3) is 0.850. The predicted octanol–water partition coefficient (Wildman–Crippen LogP) is 2.42. The summed E-state index contributed by atoms with van der Waals surface area (Å²) in [5.74, 6) is -1.77. The Balaban J connectivity index is 1.91. The second-order valence-electron chi connectivity index (χ2n) is 8.13. The number of amides is 1. The molecular formula is C20H33NO8. The zero-order chi connectivity index (χ0) is 21.3. The van der Waals surface area contributed by atoms with Gasteiger partial charge in [-0.05, 0) is 44.9 Å². The van der Waals surface area contributed by atoms with Gasteiger partial charge in [0.15, 0.2) is 0 Å². The molecule has 0 bridgehead atoms. The number of carbonyl (C=O) groups excluding carboxylic acids is 1. The number of hydrogen-bond acceptors (Lipinski definition) is 6. The van der Waals surface area contributed by atoms with E-state index < -0.39 is 23.5 Å². The number of rotatable bonds is 11. The first-order valence-electron chi connectivity index (χ1n) is 10.4. The van der Waals surface area contributed by atoms with Gasteiger partial charge in [-0.3, -0.25) is 9.59 Å². The van der Waals surface area contributed by atoms with Crippen LogP contribution >= 0.6 is 0 Å². The van der Waals surface area contributed by atoms with Gasteiger partial charge in [-0.2, -0.15) is 0 Å². The second kappa shape index (κ2) is 11.3. The Labute approximate surface area is 171 Å². The monoisotopic (exact) mass is 415 g/mol. The molecule has 0 radical (unpaired) electrons. The summed E-state index contributed by atoms with van der Waals surface area (Å²) in [5, 5.41) is 21.4. The van der Waals surface area contributed by atoms with Gasteiger partial charge in [0, 0.05) is 13.2 Å². The molecule has 0 spiro atoms. The summed E-state index contributed by atoms with van der Waals surface area (Å²) in [6.07, 6.45) is 4.31. The molecular weight excluding hydrogens is 382 g/mol. The normalized spacial score (nSPS) is 24.6. The molecule has 166 valence electrons. The van der Waals surface area contributed by atoms with E-state index in [1.165, 1.54) is 0 Å². The number of nitrogens with one attached hydrogen (secondary N) is 1. The van der Waals surface area contributed by atoms with Crippen LogP contribution in [-0.4, -0.2) is 67.3 Å². The molecule has 2 fully saturated rings. The van der Waals surface area contributed by atoms with Crippen LogP contribution in [0.15, 0.2) is 0 Å². The lowest BCUT2D eigenvalue weighted by Gasteiger charge is -2.34. The number of ether oxygens (including phenoxy) is 3. The Morgan fingerprint density at radius 3 is 2.28 bits per heavy atom. The highest BCUT2D eigenvalue weighted by molar-refractivity contribution is 5.84. The second-order valence-corrected chi connectivity index (χ2v) is 8.13. The number of methoxy groups -OCH3 is 1. The molecule has 3 N–H and O–H groups in total. The van der Waals surface area contributed by atoms with Crippen LogP contribution in [0.3, 0.4) is 0 Å². The molecule has 2 rings (SSSR count). The van der Waals surface area contributed by atoms with Gasteiger partial charge in [-0.15, -0.1) is 0 Å². The highest BCUT2D eigenvalue weighted by Gasteiger charge is 2.45. The van der Waals surface area contributed by atoms with Crippen molar-refractivity contribution in [1.29, 1.82) is 0 Å². The van der Waals surface area contributed by atoms with Crippen molar-refractivity contribution in [3.63, 3.8) is 0 Å². The average Bonchev–Trinajstić information content (AvgIpc) is 3.15. The molecule has 2 aliphatic rings. The largest absolute Gasteiger partial charge is 0.506 e. The molecule has 2 saturated carbocycles. The van der Waals surface area contributed by atoms with Crippen molar-refractivity contribution in [2.24, 2.45) is 11.3 Å². The number of aliphatic carboxylic acids is 1. The van der Waals surface area contributed by atoms with Gasteiger partial charge in [0.1, 0.15) is 6.10 Å². The lowest BCUT2D eigenvalue weighted by atomic mass is 9.76. The third-order valence-corrected chi connectivity index (χ3v) is 6.06. The molecule has 0 saturated heterocycles. The van der Waals surface area contributed by atoms with E-state index in [0.717, 1.165) is 12.8 Å². The summed E-state index contributed by atoms with van der Waals surface area (Å²) in [6.45, 7) is 0.777. The SMILES string of the molecule is COCCOCC(CC1(C(=O)NC2CCC(OC(=O)O)CC2)CCCC1)C(=O)O. The summed E-state index contributed by atoms with van der Waals surface area (Å²) in [5.41, 5.74) is -0.678. The molecule has 0 aromatic heterocycles. The topological polar surface area (TPSA) is 131 Å². The lowest BCUT2D eigenvalue weighted by Crippen LogP contribution is -2.47. The van der Waals surface area contributed by atoms with Crippen molar-refractivity contribution in [2.45, 2.75) is 69.9 Å². The third kappa shape index (κ3) is 7.15. The van der Waals surface area contributed by atoms with Crippen LogP contribution < -0.4 is 5.32 Å². The highest BCUT2D eigenvalue weighted by atomic mass is 16.7. The van der Waals surface area contributed by atoms with Crippen molar-refractivity contribution in [2.75, 3.05) is 26.9 Å². The van der Waals surface area contributed by atoms with Gasteiger partial charge in [-0.25, -0.2) is 4.79 Å². The Kier molecular flexibility index (Phi) is 9.16. The molecule has 1 unspecified atom stereocenters. The van der Waals surface area contributed by atoms with Crippen LogP contribution in [0.25, 0.3) is 0 Å². The highest BCUT2D eigenvalue weighted by Crippen LogP contribution is 2.44. The van der Waals surface area contributed by atoms with E-state index in [2.05, 4.69) is 5.32 Å². The Morgan fingerprint density at radius 2 is 1.72 bits per heavy atom. The van der Waals surface area contributed by atoms with Crippen LogP contribution in [0.5, 0.6) is 0 Å². The van der Waals surface area contributed by atoms with E-state index in [-0.39, 0.29) is 31.1 Å². The maximum Gasteiger partial charge on any atom is 0.506 e. The number of hydrogen-bond donors (Lipinski definition) is 3. The summed E-state index contributed by atoms with van der Waals surface area (Å²) in [6, 6.07) is -0.0325. The van der Waals surface area contributed by atoms with Gasteiger partial charge in [0.25, 0.3) is 0 Å². The Hall–Kier alpha value is -1.87. The van der Waals surface area contributed by atoms with E-state index in [9.17, 15) is 19.5 Å². The minimum Gasteiger partial charge on any atom is -0.481 e. The van der Waals surface area contributed by atoms with Crippen LogP contribution in [0.2, 0.25) is 0 Å². The molecule has 9 nitrogen and oxygen atoms in total. The van der Waals surface area contributed by atoms with Crippen LogP contribution in [0.4, 0.5) is 4.79 Å².